The average molecular weight is 611 g/mol. The van der Waals surface area contributed by atoms with E-state index in [0.29, 0.717) is 52.6 Å². The van der Waals surface area contributed by atoms with Gasteiger partial charge in [-0.25, -0.2) is 18.7 Å². The number of fused-ring (bicyclic) bond motifs is 2. The molecule has 6 rings (SSSR count). The van der Waals surface area contributed by atoms with Crippen LogP contribution in [0.2, 0.25) is 0 Å². The van der Waals surface area contributed by atoms with Gasteiger partial charge in [-0.3, -0.25) is 4.98 Å². The van der Waals surface area contributed by atoms with Gasteiger partial charge >= 0.3 is 5.97 Å². The zero-order valence-corrected chi connectivity index (χ0v) is 26.1. The fourth-order valence-electron chi connectivity index (χ4n) is 5.96. The van der Waals surface area contributed by atoms with Gasteiger partial charge in [0.15, 0.2) is 23.3 Å². The summed E-state index contributed by atoms with van der Waals surface area (Å²) in [5.41, 5.74) is 6.05. The third kappa shape index (κ3) is 5.62. The van der Waals surface area contributed by atoms with E-state index in [-0.39, 0.29) is 5.75 Å². The Morgan fingerprint density at radius 1 is 1.11 bits per heavy atom. The molecule has 1 unspecified atom stereocenters. The number of hydrogen-bond donors (Lipinski definition) is 1. The number of hydrogen-bond acceptors (Lipinski definition) is 7. The highest BCUT2D eigenvalue weighted by Gasteiger charge is 2.34. The minimum Gasteiger partial charge on any atom is -0.496 e. The second kappa shape index (κ2) is 11.6. The first kappa shape index (κ1) is 30.2. The Kier molecular flexibility index (Phi) is 7.78. The Labute approximate surface area is 260 Å². The van der Waals surface area contributed by atoms with Crippen molar-refractivity contribution in [2.45, 2.75) is 59.2 Å². The number of carbonyl (C=O) groups is 1. The zero-order valence-electron chi connectivity index (χ0n) is 26.1. The van der Waals surface area contributed by atoms with Crippen molar-refractivity contribution in [2.24, 2.45) is 0 Å². The van der Waals surface area contributed by atoms with Gasteiger partial charge in [-0.05, 0) is 76.8 Å². The number of carboxylic acids is 1. The first-order chi connectivity index (χ1) is 21.5. The van der Waals surface area contributed by atoms with Crippen LogP contribution in [0, 0.1) is 19.7 Å². The highest BCUT2D eigenvalue weighted by atomic mass is 19.1. The van der Waals surface area contributed by atoms with Crippen LogP contribution >= 0.6 is 0 Å². The van der Waals surface area contributed by atoms with E-state index in [2.05, 4.69) is 4.98 Å². The Morgan fingerprint density at radius 2 is 1.89 bits per heavy atom. The minimum absolute atomic E-state index is 0.246. The standard InChI is InChI=1S/C35H35FN4O5/c1-19-23-11-8-14-44-32(23)26(36)16-24(19)31-30(33(34(41)42)45-35(3,4)5)20(2)38-29-17-27(39-40(29)31)22-10-7-9-21(15-22)25-18-37-13-12-28(25)43-6/h7,9-10,12-13,15-18,33H,8,11,14H2,1-6H3,(H,41,42). The van der Waals surface area contributed by atoms with Crippen molar-refractivity contribution >= 4 is 11.6 Å². The molecule has 45 heavy (non-hydrogen) atoms. The minimum atomic E-state index is -1.39. The van der Waals surface area contributed by atoms with Crippen molar-refractivity contribution in [3.8, 4) is 45.1 Å². The molecule has 10 heteroatoms. The van der Waals surface area contributed by atoms with E-state index in [0.717, 1.165) is 34.2 Å². The first-order valence-electron chi connectivity index (χ1n) is 14.8. The van der Waals surface area contributed by atoms with E-state index in [1.165, 1.54) is 6.07 Å². The third-order valence-electron chi connectivity index (χ3n) is 7.95. The van der Waals surface area contributed by atoms with Gasteiger partial charge in [-0.15, -0.1) is 0 Å². The van der Waals surface area contributed by atoms with Crippen LogP contribution in [0.1, 0.15) is 55.7 Å². The summed E-state index contributed by atoms with van der Waals surface area (Å²) in [7, 11) is 1.61. The normalized spacial score (nSPS) is 13.8. The lowest BCUT2D eigenvalue weighted by Gasteiger charge is -2.28. The van der Waals surface area contributed by atoms with Crippen molar-refractivity contribution in [3.63, 3.8) is 0 Å². The van der Waals surface area contributed by atoms with Gasteiger partial charge in [0, 0.05) is 52.0 Å². The fraction of sp³-hybridized carbons (Fsp3) is 0.314. The number of aromatic nitrogens is 4. The quantitative estimate of drug-likeness (QED) is 0.207. The molecule has 0 radical (unpaired) electrons. The van der Waals surface area contributed by atoms with Crippen LogP contribution in [0.5, 0.6) is 11.5 Å². The molecule has 9 nitrogen and oxygen atoms in total. The summed E-state index contributed by atoms with van der Waals surface area (Å²) in [5.74, 6) is -0.752. The number of methoxy groups -OCH3 is 1. The smallest absolute Gasteiger partial charge is 0.337 e. The predicted molar refractivity (Wildman–Crippen MR) is 168 cm³/mol. The van der Waals surface area contributed by atoms with E-state index < -0.39 is 23.5 Å². The van der Waals surface area contributed by atoms with E-state index in [1.54, 1.807) is 57.8 Å². The Hall–Kier alpha value is -4.83. The van der Waals surface area contributed by atoms with Gasteiger partial charge < -0.3 is 19.3 Å². The van der Waals surface area contributed by atoms with Crippen molar-refractivity contribution < 1.29 is 28.5 Å². The predicted octanol–water partition coefficient (Wildman–Crippen LogP) is 7.16. The lowest BCUT2D eigenvalue weighted by atomic mass is 9.91. The number of pyridine rings is 1. The summed E-state index contributed by atoms with van der Waals surface area (Å²) < 4.78 is 34.6. The van der Waals surface area contributed by atoms with Crippen molar-refractivity contribution in [1.29, 1.82) is 0 Å². The molecule has 5 aromatic rings. The molecule has 0 bridgehead atoms. The molecule has 2 aromatic carbocycles. The van der Waals surface area contributed by atoms with Gasteiger partial charge in [-0.1, -0.05) is 18.2 Å². The monoisotopic (exact) mass is 610 g/mol. The molecule has 0 saturated carbocycles. The van der Waals surface area contributed by atoms with Crippen LogP contribution in [-0.2, 0) is 16.0 Å². The molecule has 0 fully saturated rings. The Balaban J connectivity index is 1.62. The van der Waals surface area contributed by atoms with Crippen LogP contribution in [0.25, 0.3) is 39.3 Å². The van der Waals surface area contributed by atoms with Crippen LogP contribution in [0.15, 0.2) is 54.9 Å². The molecule has 0 aliphatic carbocycles. The maximum absolute atomic E-state index is 15.7. The first-order valence-corrected chi connectivity index (χ1v) is 14.8. The maximum Gasteiger partial charge on any atom is 0.337 e. The van der Waals surface area contributed by atoms with Crippen LogP contribution in [-0.4, -0.2) is 50.0 Å². The van der Waals surface area contributed by atoms with E-state index in [1.807, 2.05) is 37.3 Å². The van der Waals surface area contributed by atoms with Gasteiger partial charge in [0.1, 0.15) is 5.75 Å². The molecule has 4 heterocycles. The van der Waals surface area contributed by atoms with E-state index >= 15 is 4.39 Å². The van der Waals surface area contributed by atoms with Crippen LogP contribution in [0.4, 0.5) is 4.39 Å². The number of ether oxygens (including phenoxy) is 3. The average Bonchev–Trinajstić information content (AvgIpc) is 3.44. The lowest BCUT2D eigenvalue weighted by Crippen LogP contribution is -2.29. The summed E-state index contributed by atoms with van der Waals surface area (Å²) in [4.78, 5) is 21.9. The molecule has 0 saturated heterocycles. The van der Waals surface area contributed by atoms with Gasteiger partial charge in [0.25, 0.3) is 0 Å². The molecule has 1 aliphatic rings. The lowest BCUT2D eigenvalue weighted by molar-refractivity contribution is -0.160. The SMILES string of the molecule is COc1ccncc1-c1cccc(-c2cc3nc(C)c(C(OC(C)(C)C)C(=O)O)c(-c4cc(F)c5c(c4C)CCCO5)n3n2)c1. The topological polar surface area (TPSA) is 108 Å². The van der Waals surface area contributed by atoms with Gasteiger partial charge in [-0.2, -0.15) is 5.10 Å². The second-order valence-corrected chi connectivity index (χ2v) is 12.2. The molecular formula is C35H35FN4O5. The number of aryl methyl sites for hydroxylation is 1. The summed E-state index contributed by atoms with van der Waals surface area (Å²) in [6.45, 7) is 9.47. The zero-order chi connectivity index (χ0) is 32.0. The summed E-state index contributed by atoms with van der Waals surface area (Å²) >= 11 is 0. The largest absolute Gasteiger partial charge is 0.496 e. The molecule has 0 amide bonds. The summed E-state index contributed by atoms with van der Waals surface area (Å²) in [6.07, 6.45) is 3.43. The number of halogens is 1. The van der Waals surface area contributed by atoms with Gasteiger partial charge in [0.05, 0.1) is 30.7 Å². The summed E-state index contributed by atoms with van der Waals surface area (Å²) in [5, 5.41) is 15.4. The molecular weight excluding hydrogens is 575 g/mol. The van der Waals surface area contributed by atoms with Crippen LogP contribution < -0.4 is 9.47 Å². The summed E-state index contributed by atoms with van der Waals surface area (Å²) in [6, 6.07) is 12.9. The maximum atomic E-state index is 15.7. The Morgan fingerprint density at radius 3 is 2.62 bits per heavy atom. The van der Waals surface area contributed by atoms with Crippen molar-refractivity contribution in [2.75, 3.05) is 13.7 Å². The number of benzene rings is 2. The highest BCUT2D eigenvalue weighted by Crippen LogP contribution is 2.42. The molecule has 0 spiro atoms. The van der Waals surface area contributed by atoms with Crippen molar-refractivity contribution in [1.82, 2.24) is 19.6 Å². The van der Waals surface area contributed by atoms with Gasteiger partial charge in [0.2, 0.25) is 0 Å². The molecule has 3 aromatic heterocycles. The third-order valence-corrected chi connectivity index (χ3v) is 7.95. The number of carboxylic acid groups (broad SMARTS) is 1. The van der Waals surface area contributed by atoms with E-state index in [4.69, 9.17) is 24.3 Å². The molecule has 1 atom stereocenters. The number of rotatable bonds is 7. The Bertz CT molecular complexity index is 1950. The second-order valence-electron chi connectivity index (χ2n) is 12.2. The van der Waals surface area contributed by atoms with Crippen molar-refractivity contribution in [3.05, 3.63) is 83.1 Å². The number of aliphatic carboxylic acids is 1. The fourth-order valence-corrected chi connectivity index (χ4v) is 5.96. The molecule has 1 N–H and O–H groups in total. The number of nitrogens with zero attached hydrogens (tertiary/aromatic N) is 4. The van der Waals surface area contributed by atoms with Crippen LogP contribution in [0.3, 0.4) is 0 Å². The van der Waals surface area contributed by atoms with E-state index in [9.17, 15) is 9.90 Å². The molecule has 232 valence electrons. The highest BCUT2D eigenvalue weighted by molar-refractivity contribution is 5.83. The molecule has 1 aliphatic heterocycles.